The van der Waals surface area contributed by atoms with E-state index >= 15 is 0 Å². The predicted molar refractivity (Wildman–Crippen MR) is 92.7 cm³/mol. The summed E-state index contributed by atoms with van der Waals surface area (Å²) in [6.07, 6.45) is 2.66. The third kappa shape index (κ3) is 2.91. The molecule has 3 rings (SSSR count). The quantitative estimate of drug-likeness (QED) is 0.854. The summed E-state index contributed by atoms with van der Waals surface area (Å²) >= 11 is 6.20. The van der Waals surface area contributed by atoms with E-state index in [1.807, 2.05) is 0 Å². The molecule has 2 heterocycles. The van der Waals surface area contributed by atoms with Gasteiger partial charge in [0, 0.05) is 24.7 Å². The maximum atomic E-state index is 13.1. The van der Waals surface area contributed by atoms with Gasteiger partial charge in [-0.25, -0.2) is 0 Å². The summed E-state index contributed by atoms with van der Waals surface area (Å²) in [5.74, 6) is 0.508. The molecular weight excluding hydrogens is 312 g/mol. The Hall–Kier alpha value is -2.07. The van der Waals surface area contributed by atoms with Crippen molar-refractivity contribution in [2.45, 2.75) is 32.7 Å². The summed E-state index contributed by atoms with van der Waals surface area (Å²) in [4.78, 5) is 25.3. The number of halogens is 1. The number of hydrogen-bond acceptors (Lipinski definition) is 3. The van der Waals surface area contributed by atoms with Crippen molar-refractivity contribution in [1.82, 2.24) is 4.57 Å². The lowest BCUT2D eigenvalue weighted by atomic mass is 9.96. The average Bonchev–Trinajstić information content (AvgIpc) is 3.03. The largest absolute Gasteiger partial charge is 0.369 e. The molecule has 1 aromatic carbocycles. The van der Waals surface area contributed by atoms with Crippen molar-refractivity contribution in [3.63, 3.8) is 0 Å². The van der Waals surface area contributed by atoms with Crippen LogP contribution >= 0.6 is 11.6 Å². The van der Waals surface area contributed by atoms with Gasteiger partial charge in [-0.2, -0.15) is 0 Å². The standard InChI is InChI=1S/C18H19ClN2O2/c1-2-3-6-12-11-15(22)21-10-9-20-18(21)16(12)17(23)13-7-4-5-8-14(13)19/h4-5,7-8,11,20H,2-3,6,9-10H2,1H3. The first-order valence-electron chi connectivity index (χ1n) is 7.93. The number of hydrogen-bond donors (Lipinski definition) is 1. The van der Waals surface area contributed by atoms with E-state index in [9.17, 15) is 9.59 Å². The second-order valence-electron chi connectivity index (χ2n) is 5.72. The molecule has 0 saturated heterocycles. The summed E-state index contributed by atoms with van der Waals surface area (Å²) in [6, 6.07) is 8.65. The summed E-state index contributed by atoms with van der Waals surface area (Å²) in [6.45, 7) is 3.34. The fourth-order valence-electron chi connectivity index (χ4n) is 2.99. The van der Waals surface area contributed by atoms with Crippen LogP contribution in [0.3, 0.4) is 0 Å². The van der Waals surface area contributed by atoms with Gasteiger partial charge in [0.25, 0.3) is 5.56 Å². The van der Waals surface area contributed by atoms with Gasteiger partial charge in [-0.05, 0) is 30.5 Å². The maximum absolute atomic E-state index is 13.1. The van der Waals surface area contributed by atoms with Crippen LogP contribution in [0.25, 0.3) is 0 Å². The number of ketones is 1. The Morgan fingerprint density at radius 1 is 1.35 bits per heavy atom. The lowest BCUT2D eigenvalue weighted by Gasteiger charge is -2.15. The number of carbonyl (C=O) groups excluding carboxylic acids is 1. The summed E-state index contributed by atoms with van der Waals surface area (Å²) in [5, 5.41) is 3.63. The van der Waals surface area contributed by atoms with Crippen LogP contribution in [0.4, 0.5) is 5.82 Å². The zero-order valence-electron chi connectivity index (χ0n) is 13.1. The Bertz CT molecular complexity index is 811. The number of nitrogens with one attached hydrogen (secondary N) is 1. The van der Waals surface area contributed by atoms with Gasteiger partial charge in [0.15, 0.2) is 5.78 Å². The van der Waals surface area contributed by atoms with E-state index in [0.717, 1.165) is 18.4 Å². The lowest BCUT2D eigenvalue weighted by Crippen LogP contribution is -2.22. The molecule has 0 saturated carbocycles. The molecule has 2 aromatic rings. The van der Waals surface area contributed by atoms with Crippen molar-refractivity contribution in [1.29, 1.82) is 0 Å². The summed E-state index contributed by atoms with van der Waals surface area (Å²) in [7, 11) is 0. The molecule has 0 amide bonds. The van der Waals surface area contributed by atoms with Crippen LogP contribution in [0.2, 0.25) is 5.02 Å². The zero-order chi connectivity index (χ0) is 16.4. The van der Waals surface area contributed by atoms with Crippen molar-refractivity contribution in [3.8, 4) is 0 Å². The van der Waals surface area contributed by atoms with E-state index in [2.05, 4.69) is 12.2 Å². The molecule has 0 bridgehead atoms. The fraction of sp³-hybridized carbons (Fsp3) is 0.333. The molecule has 0 atom stereocenters. The van der Waals surface area contributed by atoms with Crippen LogP contribution in [-0.2, 0) is 13.0 Å². The smallest absolute Gasteiger partial charge is 0.252 e. The number of aromatic nitrogens is 1. The SMILES string of the molecule is CCCCc1cc(=O)n2c(c1C(=O)c1ccccc1Cl)NCC2. The van der Waals surface area contributed by atoms with Crippen LogP contribution in [0.5, 0.6) is 0 Å². The minimum atomic E-state index is -0.125. The lowest BCUT2D eigenvalue weighted by molar-refractivity contribution is 0.103. The predicted octanol–water partition coefficient (Wildman–Crippen LogP) is 3.50. The van der Waals surface area contributed by atoms with Crippen molar-refractivity contribution in [2.24, 2.45) is 0 Å². The molecular formula is C18H19ClN2O2. The van der Waals surface area contributed by atoms with Gasteiger partial charge in [0.2, 0.25) is 0 Å². The number of rotatable bonds is 5. The number of anilines is 1. The zero-order valence-corrected chi connectivity index (χ0v) is 13.8. The molecule has 0 radical (unpaired) electrons. The molecule has 1 N–H and O–H groups in total. The number of benzene rings is 1. The van der Waals surface area contributed by atoms with Crippen LogP contribution in [0.1, 0.15) is 41.3 Å². The Labute approximate surface area is 140 Å². The number of unbranched alkanes of at least 4 members (excludes halogenated alkanes) is 1. The van der Waals surface area contributed by atoms with Crippen molar-refractivity contribution in [3.05, 3.63) is 62.4 Å². The van der Waals surface area contributed by atoms with Crippen LogP contribution < -0.4 is 10.9 Å². The van der Waals surface area contributed by atoms with Crippen LogP contribution in [0.15, 0.2) is 35.1 Å². The van der Waals surface area contributed by atoms with Gasteiger partial charge >= 0.3 is 0 Å². The van der Waals surface area contributed by atoms with Crippen LogP contribution in [0, 0.1) is 0 Å². The minimum Gasteiger partial charge on any atom is -0.369 e. The van der Waals surface area contributed by atoms with Crippen molar-refractivity contribution < 1.29 is 4.79 Å². The fourth-order valence-corrected chi connectivity index (χ4v) is 3.21. The third-order valence-electron chi connectivity index (χ3n) is 4.16. The number of nitrogens with zero attached hydrogens (tertiary/aromatic N) is 1. The highest BCUT2D eigenvalue weighted by molar-refractivity contribution is 6.35. The summed E-state index contributed by atoms with van der Waals surface area (Å²) < 4.78 is 1.64. The highest BCUT2D eigenvalue weighted by Crippen LogP contribution is 2.28. The highest BCUT2D eigenvalue weighted by atomic mass is 35.5. The van der Waals surface area contributed by atoms with E-state index in [0.29, 0.717) is 41.5 Å². The van der Waals surface area contributed by atoms with E-state index in [1.165, 1.54) is 0 Å². The van der Waals surface area contributed by atoms with E-state index in [-0.39, 0.29) is 11.3 Å². The first kappa shape index (κ1) is 15.8. The molecule has 120 valence electrons. The number of pyridine rings is 1. The Balaban J connectivity index is 2.17. The molecule has 23 heavy (non-hydrogen) atoms. The molecule has 0 aliphatic carbocycles. The van der Waals surface area contributed by atoms with Gasteiger partial charge in [0.1, 0.15) is 5.82 Å². The Morgan fingerprint density at radius 3 is 2.87 bits per heavy atom. The molecule has 1 aromatic heterocycles. The molecule has 4 nitrogen and oxygen atoms in total. The minimum absolute atomic E-state index is 0.0492. The van der Waals surface area contributed by atoms with Gasteiger partial charge in [0.05, 0.1) is 10.6 Å². The van der Waals surface area contributed by atoms with E-state index in [4.69, 9.17) is 11.6 Å². The van der Waals surface area contributed by atoms with Gasteiger partial charge in [-0.3, -0.25) is 14.2 Å². The Morgan fingerprint density at radius 2 is 2.13 bits per heavy atom. The molecule has 0 fully saturated rings. The second-order valence-corrected chi connectivity index (χ2v) is 6.13. The molecule has 0 unspecified atom stereocenters. The summed E-state index contributed by atoms with van der Waals surface area (Å²) in [5.41, 5.74) is 1.82. The molecule has 5 heteroatoms. The topological polar surface area (TPSA) is 51.1 Å². The first-order valence-corrected chi connectivity index (χ1v) is 8.31. The maximum Gasteiger partial charge on any atom is 0.252 e. The molecule has 1 aliphatic heterocycles. The normalized spacial score (nSPS) is 12.8. The van der Waals surface area contributed by atoms with Crippen molar-refractivity contribution in [2.75, 3.05) is 11.9 Å². The number of carbonyl (C=O) groups is 1. The monoisotopic (exact) mass is 330 g/mol. The van der Waals surface area contributed by atoms with E-state index < -0.39 is 0 Å². The van der Waals surface area contributed by atoms with Gasteiger partial charge in [-0.1, -0.05) is 37.1 Å². The van der Waals surface area contributed by atoms with Crippen molar-refractivity contribution >= 4 is 23.2 Å². The average molecular weight is 331 g/mol. The number of aryl methyl sites for hydroxylation is 1. The van der Waals surface area contributed by atoms with Crippen LogP contribution in [-0.4, -0.2) is 16.9 Å². The van der Waals surface area contributed by atoms with Gasteiger partial charge in [-0.15, -0.1) is 0 Å². The van der Waals surface area contributed by atoms with Gasteiger partial charge < -0.3 is 5.32 Å². The molecule has 1 aliphatic rings. The van der Waals surface area contributed by atoms with E-state index in [1.54, 1.807) is 34.9 Å². The Kier molecular flexibility index (Phi) is 4.53. The third-order valence-corrected chi connectivity index (χ3v) is 4.49. The first-order chi connectivity index (χ1) is 11.1. The highest BCUT2D eigenvalue weighted by Gasteiger charge is 2.25. The second kappa shape index (κ2) is 6.59. The number of fused-ring (bicyclic) bond motifs is 1. The molecule has 0 spiro atoms.